The fraction of sp³-hybridized carbons (Fsp3) is 0.474. The van der Waals surface area contributed by atoms with E-state index in [9.17, 15) is 9.90 Å². The molecule has 6 heteroatoms. The number of nitrogens with one attached hydrogen (secondary N) is 1. The first kappa shape index (κ1) is 19.1. The summed E-state index contributed by atoms with van der Waals surface area (Å²) in [5.41, 5.74) is 2.66. The smallest absolute Gasteiger partial charge is 0.225 e. The van der Waals surface area contributed by atoms with Gasteiger partial charge in [-0.3, -0.25) is 4.79 Å². The highest BCUT2D eigenvalue weighted by Crippen LogP contribution is 2.22. The zero-order valence-electron chi connectivity index (χ0n) is 15.7. The Kier molecular flexibility index (Phi) is 5.98. The number of aryl methyl sites for hydroxylation is 1. The molecular weight excluding hydrogens is 316 g/mol. The summed E-state index contributed by atoms with van der Waals surface area (Å²) in [5, 5.41) is 17.3. The Bertz CT molecular complexity index is 717. The molecule has 0 aliphatic heterocycles. The van der Waals surface area contributed by atoms with Crippen LogP contribution in [0.5, 0.6) is 0 Å². The molecule has 2 rings (SSSR count). The van der Waals surface area contributed by atoms with Gasteiger partial charge >= 0.3 is 0 Å². The van der Waals surface area contributed by atoms with Crippen molar-refractivity contribution >= 4 is 11.6 Å². The highest BCUT2D eigenvalue weighted by Gasteiger charge is 2.18. The van der Waals surface area contributed by atoms with Crippen molar-refractivity contribution in [3.63, 3.8) is 0 Å². The van der Waals surface area contributed by atoms with E-state index in [1.807, 2.05) is 60.8 Å². The van der Waals surface area contributed by atoms with Crippen LogP contribution in [0.15, 0.2) is 30.3 Å². The van der Waals surface area contributed by atoms with E-state index in [2.05, 4.69) is 10.4 Å². The Morgan fingerprint density at radius 2 is 1.92 bits per heavy atom. The van der Waals surface area contributed by atoms with E-state index >= 15 is 0 Å². The number of rotatable bonds is 7. The number of likely N-dealkylation sites (N-methyl/N-ethyl adjacent to an activating group) is 1. The predicted molar refractivity (Wildman–Crippen MR) is 100 cm³/mol. The van der Waals surface area contributed by atoms with Crippen LogP contribution >= 0.6 is 0 Å². The van der Waals surface area contributed by atoms with Crippen molar-refractivity contribution in [1.29, 1.82) is 0 Å². The van der Waals surface area contributed by atoms with Crippen LogP contribution in [0, 0.1) is 13.8 Å². The normalized spacial score (nSPS) is 11.8. The Labute approximate surface area is 149 Å². The molecule has 0 saturated heterocycles. The maximum Gasteiger partial charge on any atom is 0.225 e. The molecule has 0 radical (unpaired) electrons. The number of hydrogen-bond acceptors (Lipinski definition) is 4. The third-order valence-electron chi connectivity index (χ3n) is 3.93. The van der Waals surface area contributed by atoms with Crippen LogP contribution < -0.4 is 5.32 Å². The van der Waals surface area contributed by atoms with Crippen LogP contribution in [0.25, 0.3) is 5.69 Å². The molecule has 0 aliphatic rings. The second-order valence-electron chi connectivity index (χ2n) is 7.14. The first-order chi connectivity index (χ1) is 11.7. The number of benzene rings is 1. The average Bonchev–Trinajstić information content (AvgIpc) is 2.80. The number of carbonyl (C=O) groups is 1. The summed E-state index contributed by atoms with van der Waals surface area (Å²) >= 11 is 0. The minimum Gasteiger partial charge on any atom is -0.389 e. The minimum atomic E-state index is -0.769. The zero-order valence-corrected chi connectivity index (χ0v) is 15.7. The van der Waals surface area contributed by atoms with Crippen LogP contribution in [-0.2, 0) is 4.79 Å². The lowest BCUT2D eigenvalue weighted by molar-refractivity contribution is -0.116. The van der Waals surface area contributed by atoms with E-state index < -0.39 is 5.60 Å². The number of nitrogens with zero attached hydrogens (tertiary/aromatic N) is 3. The number of aliphatic hydroxyl groups is 1. The second-order valence-corrected chi connectivity index (χ2v) is 7.14. The Morgan fingerprint density at radius 1 is 1.28 bits per heavy atom. The maximum absolute atomic E-state index is 12.3. The van der Waals surface area contributed by atoms with Crippen molar-refractivity contribution in [3.05, 3.63) is 41.7 Å². The van der Waals surface area contributed by atoms with Gasteiger partial charge in [-0.1, -0.05) is 18.2 Å². The van der Waals surface area contributed by atoms with Gasteiger partial charge in [0.25, 0.3) is 0 Å². The molecule has 0 spiro atoms. The van der Waals surface area contributed by atoms with Crippen molar-refractivity contribution in [3.8, 4) is 5.69 Å². The van der Waals surface area contributed by atoms with E-state index in [0.29, 0.717) is 19.5 Å². The molecule has 136 valence electrons. The van der Waals surface area contributed by atoms with E-state index in [4.69, 9.17) is 0 Å². The largest absolute Gasteiger partial charge is 0.389 e. The summed E-state index contributed by atoms with van der Waals surface area (Å²) in [6.07, 6.45) is 0.363. The van der Waals surface area contributed by atoms with E-state index in [-0.39, 0.29) is 5.91 Å². The maximum atomic E-state index is 12.3. The molecule has 0 bridgehead atoms. The molecule has 1 amide bonds. The average molecular weight is 344 g/mol. The third kappa shape index (κ3) is 5.41. The molecule has 2 N–H and O–H groups in total. The molecule has 0 saturated carbocycles. The summed E-state index contributed by atoms with van der Waals surface area (Å²) in [5.74, 6) is -0.0543. The van der Waals surface area contributed by atoms with Gasteiger partial charge in [-0.2, -0.15) is 5.10 Å². The highest BCUT2D eigenvalue weighted by molar-refractivity contribution is 5.92. The fourth-order valence-electron chi connectivity index (χ4n) is 2.88. The molecule has 0 aliphatic carbocycles. The summed E-state index contributed by atoms with van der Waals surface area (Å²) in [7, 11) is 1.90. The highest BCUT2D eigenvalue weighted by atomic mass is 16.3. The predicted octanol–water partition coefficient (Wildman–Crippen LogP) is 2.52. The van der Waals surface area contributed by atoms with Gasteiger partial charge in [0.1, 0.15) is 0 Å². The molecule has 0 unspecified atom stereocenters. The first-order valence-corrected chi connectivity index (χ1v) is 8.50. The van der Waals surface area contributed by atoms with Crippen molar-refractivity contribution in [1.82, 2.24) is 14.7 Å². The van der Waals surface area contributed by atoms with E-state index in [1.54, 1.807) is 13.8 Å². The monoisotopic (exact) mass is 344 g/mol. The van der Waals surface area contributed by atoms with Gasteiger partial charge in [0, 0.05) is 19.5 Å². The second kappa shape index (κ2) is 7.80. The molecule has 1 aromatic carbocycles. The van der Waals surface area contributed by atoms with Crippen LogP contribution in [0.2, 0.25) is 0 Å². The lowest BCUT2D eigenvalue weighted by Crippen LogP contribution is -2.37. The van der Waals surface area contributed by atoms with Gasteiger partial charge in [0.15, 0.2) is 0 Å². The number of para-hydroxylation sites is 1. The number of carbonyl (C=O) groups excluding carboxylic acids is 1. The molecule has 6 nitrogen and oxygen atoms in total. The van der Waals surface area contributed by atoms with Gasteiger partial charge < -0.3 is 15.3 Å². The molecule has 1 aromatic heterocycles. The fourth-order valence-corrected chi connectivity index (χ4v) is 2.88. The van der Waals surface area contributed by atoms with Crippen LogP contribution in [0.3, 0.4) is 0 Å². The Morgan fingerprint density at radius 3 is 2.52 bits per heavy atom. The lowest BCUT2D eigenvalue weighted by Gasteiger charge is -2.25. The minimum absolute atomic E-state index is 0.0543. The van der Waals surface area contributed by atoms with Crippen molar-refractivity contribution in [2.45, 2.75) is 39.7 Å². The standard InChI is InChI=1S/C19H28N4O2/c1-14-18(15(2)23(21-14)16-9-7-6-8-10-16)20-17(24)11-12-22(5)13-19(3,4)25/h6-10,25H,11-13H2,1-5H3,(H,20,24). The van der Waals surface area contributed by atoms with Crippen molar-refractivity contribution in [2.24, 2.45) is 0 Å². The number of aromatic nitrogens is 2. The van der Waals surface area contributed by atoms with Crippen molar-refractivity contribution in [2.75, 3.05) is 25.5 Å². The SMILES string of the molecule is Cc1nn(-c2ccccc2)c(C)c1NC(=O)CCN(C)CC(C)(C)O. The van der Waals surface area contributed by atoms with Gasteiger partial charge in [-0.25, -0.2) is 4.68 Å². The van der Waals surface area contributed by atoms with Crippen LogP contribution in [-0.4, -0.2) is 51.4 Å². The molecule has 0 fully saturated rings. The van der Waals surface area contributed by atoms with E-state index in [0.717, 1.165) is 22.8 Å². The molecule has 0 atom stereocenters. The molecule has 1 heterocycles. The summed E-state index contributed by atoms with van der Waals surface area (Å²) in [4.78, 5) is 14.2. The number of anilines is 1. The van der Waals surface area contributed by atoms with Gasteiger partial charge in [-0.15, -0.1) is 0 Å². The van der Waals surface area contributed by atoms with Crippen LogP contribution in [0.4, 0.5) is 5.69 Å². The topological polar surface area (TPSA) is 70.4 Å². The quantitative estimate of drug-likeness (QED) is 0.810. The van der Waals surface area contributed by atoms with Gasteiger partial charge in [0.05, 0.1) is 28.4 Å². The lowest BCUT2D eigenvalue weighted by atomic mass is 10.1. The molecule has 2 aromatic rings. The Balaban J connectivity index is 2.01. The van der Waals surface area contributed by atoms with Crippen molar-refractivity contribution < 1.29 is 9.90 Å². The van der Waals surface area contributed by atoms with Gasteiger partial charge in [-0.05, 0) is 46.9 Å². The summed E-state index contributed by atoms with van der Waals surface area (Å²) < 4.78 is 1.84. The van der Waals surface area contributed by atoms with Gasteiger partial charge in [0.2, 0.25) is 5.91 Å². The summed E-state index contributed by atoms with van der Waals surface area (Å²) in [6.45, 7) is 8.46. The Hall–Kier alpha value is -2.18. The first-order valence-electron chi connectivity index (χ1n) is 8.50. The molecule has 25 heavy (non-hydrogen) atoms. The van der Waals surface area contributed by atoms with E-state index in [1.165, 1.54) is 0 Å². The van der Waals surface area contributed by atoms with Crippen LogP contribution in [0.1, 0.15) is 31.7 Å². The number of hydrogen-bond donors (Lipinski definition) is 2. The number of amides is 1. The zero-order chi connectivity index (χ0) is 18.6. The summed E-state index contributed by atoms with van der Waals surface area (Å²) in [6, 6.07) is 9.85. The third-order valence-corrected chi connectivity index (χ3v) is 3.93. The molecular formula is C19H28N4O2.